The van der Waals surface area contributed by atoms with Crippen molar-refractivity contribution in [3.63, 3.8) is 0 Å². The second-order valence-electron chi connectivity index (χ2n) is 5.91. The zero-order valence-corrected chi connectivity index (χ0v) is 14.1. The van der Waals surface area contributed by atoms with E-state index in [0.29, 0.717) is 24.7 Å². The van der Waals surface area contributed by atoms with Crippen molar-refractivity contribution in [1.82, 2.24) is 9.62 Å². The Hall–Kier alpha value is -1.47. The molecule has 1 fully saturated rings. The van der Waals surface area contributed by atoms with Gasteiger partial charge in [0.1, 0.15) is 0 Å². The number of morpholine rings is 1. The highest BCUT2D eigenvalue weighted by Gasteiger charge is 2.21. The largest absolute Gasteiger partial charge is 0.379 e. The summed E-state index contributed by atoms with van der Waals surface area (Å²) in [6.07, 6.45) is 0. The second kappa shape index (κ2) is 6.97. The molecule has 1 atom stereocenters. The number of nitrogens with zero attached hydrogens (tertiary/aromatic N) is 1. The minimum Gasteiger partial charge on any atom is -0.379 e. The van der Waals surface area contributed by atoms with E-state index in [1.165, 1.54) is 0 Å². The molecule has 1 saturated heterocycles. The van der Waals surface area contributed by atoms with Gasteiger partial charge in [-0.25, -0.2) is 13.1 Å². The molecule has 2 aromatic carbocycles. The SMILES string of the molecule is C[C@@H](CN1CCOCC1)NS(=O)(=O)c1cccc2ccccc12. The lowest BCUT2D eigenvalue weighted by atomic mass is 10.1. The quantitative estimate of drug-likeness (QED) is 0.906. The van der Waals surface area contributed by atoms with Gasteiger partial charge >= 0.3 is 0 Å². The second-order valence-corrected chi connectivity index (χ2v) is 7.60. The van der Waals surface area contributed by atoms with E-state index in [-0.39, 0.29) is 6.04 Å². The van der Waals surface area contributed by atoms with Crippen LogP contribution in [0.2, 0.25) is 0 Å². The molecule has 0 spiro atoms. The van der Waals surface area contributed by atoms with Crippen molar-refractivity contribution in [3.05, 3.63) is 42.5 Å². The van der Waals surface area contributed by atoms with Gasteiger partial charge in [0.2, 0.25) is 10.0 Å². The number of nitrogens with one attached hydrogen (secondary N) is 1. The molecule has 1 aliphatic rings. The summed E-state index contributed by atoms with van der Waals surface area (Å²) in [4.78, 5) is 2.56. The number of benzene rings is 2. The van der Waals surface area contributed by atoms with Crippen molar-refractivity contribution in [2.45, 2.75) is 17.9 Å². The van der Waals surface area contributed by atoms with Crippen molar-refractivity contribution >= 4 is 20.8 Å². The van der Waals surface area contributed by atoms with Crippen LogP contribution in [-0.4, -0.2) is 52.2 Å². The van der Waals surface area contributed by atoms with Gasteiger partial charge in [0.25, 0.3) is 0 Å². The van der Waals surface area contributed by atoms with Crippen LogP contribution in [0.25, 0.3) is 10.8 Å². The summed E-state index contributed by atoms with van der Waals surface area (Å²) < 4.78 is 33.6. The topological polar surface area (TPSA) is 58.6 Å². The first-order chi connectivity index (χ1) is 11.1. The van der Waals surface area contributed by atoms with Crippen molar-refractivity contribution < 1.29 is 13.2 Å². The summed E-state index contributed by atoms with van der Waals surface area (Å²) in [7, 11) is -3.54. The van der Waals surface area contributed by atoms with E-state index < -0.39 is 10.0 Å². The molecule has 0 aromatic heterocycles. The van der Waals surface area contributed by atoms with Gasteiger partial charge in [-0.2, -0.15) is 0 Å². The first-order valence-electron chi connectivity index (χ1n) is 7.86. The van der Waals surface area contributed by atoms with Crippen LogP contribution in [0.1, 0.15) is 6.92 Å². The highest BCUT2D eigenvalue weighted by atomic mass is 32.2. The van der Waals surface area contributed by atoms with Crippen LogP contribution in [-0.2, 0) is 14.8 Å². The third-order valence-electron chi connectivity index (χ3n) is 4.03. The molecule has 0 bridgehead atoms. The molecule has 23 heavy (non-hydrogen) atoms. The lowest BCUT2D eigenvalue weighted by Gasteiger charge is -2.29. The fraction of sp³-hybridized carbons (Fsp3) is 0.412. The van der Waals surface area contributed by atoms with Gasteiger partial charge < -0.3 is 4.74 Å². The number of hydrogen-bond donors (Lipinski definition) is 1. The summed E-state index contributed by atoms with van der Waals surface area (Å²) in [6, 6.07) is 12.7. The molecule has 1 aliphatic heterocycles. The average molecular weight is 334 g/mol. The van der Waals surface area contributed by atoms with E-state index in [0.717, 1.165) is 23.9 Å². The smallest absolute Gasteiger partial charge is 0.241 e. The number of fused-ring (bicyclic) bond motifs is 1. The average Bonchev–Trinajstić information content (AvgIpc) is 2.54. The van der Waals surface area contributed by atoms with E-state index in [4.69, 9.17) is 4.74 Å². The van der Waals surface area contributed by atoms with Crippen LogP contribution in [0.15, 0.2) is 47.4 Å². The standard InChI is InChI=1S/C17H22N2O3S/c1-14(13-19-9-11-22-12-10-19)18-23(20,21)17-8-4-6-15-5-2-3-7-16(15)17/h2-8,14,18H,9-13H2,1H3/t14-/m0/s1. The predicted molar refractivity (Wildman–Crippen MR) is 91.0 cm³/mol. The maximum atomic E-state index is 12.7. The molecule has 124 valence electrons. The molecule has 0 saturated carbocycles. The molecule has 1 N–H and O–H groups in total. The summed E-state index contributed by atoms with van der Waals surface area (Å²) in [5.41, 5.74) is 0. The molecule has 6 heteroatoms. The predicted octanol–water partition coefficient (Wildman–Crippen LogP) is 1.84. The Bertz CT molecular complexity index is 765. The summed E-state index contributed by atoms with van der Waals surface area (Å²) in [5, 5.41) is 1.68. The van der Waals surface area contributed by atoms with Crippen molar-refractivity contribution in [2.24, 2.45) is 0 Å². The molecule has 3 rings (SSSR count). The maximum Gasteiger partial charge on any atom is 0.241 e. The summed E-state index contributed by atoms with van der Waals surface area (Å²) in [5.74, 6) is 0. The Morgan fingerprint density at radius 2 is 1.83 bits per heavy atom. The Balaban J connectivity index is 1.77. The third-order valence-corrected chi connectivity index (χ3v) is 5.68. The van der Waals surface area contributed by atoms with Crippen LogP contribution < -0.4 is 4.72 Å². The Labute approximate surface area is 137 Å². The minimum atomic E-state index is -3.54. The van der Waals surface area contributed by atoms with Gasteiger partial charge in [-0.1, -0.05) is 36.4 Å². The zero-order chi connectivity index (χ0) is 16.3. The molecule has 2 aromatic rings. The van der Waals surface area contributed by atoms with E-state index in [2.05, 4.69) is 9.62 Å². The number of sulfonamides is 1. The fourth-order valence-electron chi connectivity index (χ4n) is 2.97. The molecular formula is C17H22N2O3S. The molecule has 0 amide bonds. The highest BCUT2D eigenvalue weighted by Crippen LogP contribution is 2.22. The van der Waals surface area contributed by atoms with Gasteiger partial charge in [-0.15, -0.1) is 0 Å². The fourth-order valence-corrected chi connectivity index (χ4v) is 4.43. The molecule has 0 radical (unpaired) electrons. The number of ether oxygens (including phenoxy) is 1. The van der Waals surface area contributed by atoms with Gasteiger partial charge in [-0.3, -0.25) is 4.90 Å². The Morgan fingerprint density at radius 1 is 1.13 bits per heavy atom. The van der Waals surface area contributed by atoms with Gasteiger partial charge in [-0.05, 0) is 18.4 Å². The van der Waals surface area contributed by atoms with Gasteiger partial charge in [0.05, 0.1) is 18.1 Å². The van der Waals surface area contributed by atoms with Crippen LogP contribution in [0.4, 0.5) is 0 Å². The van der Waals surface area contributed by atoms with Gasteiger partial charge in [0.15, 0.2) is 0 Å². The van der Waals surface area contributed by atoms with Crippen LogP contribution in [0.5, 0.6) is 0 Å². The summed E-state index contributed by atoms with van der Waals surface area (Å²) in [6.45, 7) is 5.71. The molecular weight excluding hydrogens is 312 g/mol. The first-order valence-corrected chi connectivity index (χ1v) is 9.35. The highest BCUT2D eigenvalue weighted by molar-refractivity contribution is 7.89. The number of hydrogen-bond acceptors (Lipinski definition) is 4. The third kappa shape index (κ3) is 3.90. The number of rotatable bonds is 5. The van der Waals surface area contributed by atoms with Crippen LogP contribution in [0, 0.1) is 0 Å². The molecule has 0 aliphatic carbocycles. The molecule has 5 nitrogen and oxygen atoms in total. The van der Waals surface area contributed by atoms with Crippen molar-refractivity contribution in [1.29, 1.82) is 0 Å². The normalized spacial score (nSPS) is 18.1. The van der Waals surface area contributed by atoms with E-state index in [1.54, 1.807) is 12.1 Å². The Morgan fingerprint density at radius 3 is 2.61 bits per heavy atom. The lowest BCUT2D eigenvalue weighted by molar-refractivity contribution is 0.0354. The lowest BCUT2D eigenvalue weighted by Crippen LogP contribution is -2.45. The molecule has 0 unspecified atom stereocenters. The minimum absolute atomic E-state index is 0.155. The summed E-state index contributed by atoms with van der Waals surface area (Å²) >= 11 is 0. The van der Waals surface area contributed by atoms with E-state index in [9.17, 15) is 8.42 Å². The zero-order valence-electron chi connectivity index (χ0n) is 13.2. The molecule has 1 heterocycles. The van der Waals surface area contributed by atoms with Crippen molar-refractivity contribution in [3.8, 4) is 0 Å². The van der Waals surface area contributed by atoms with E-state index in [1.807, 2.05) is 37.3 Å². The Kier molecular flexibility index (Phi) is 4.96. The van der Waals surface area contributed by atoms with Gasteiger partial charge in [0, 0.05) is 31.1 Å². The van der Waals surface area contributed by atoms with Crippen molar-refractivity contribution in [2.75, 3.05) is 32.8 Å². The monoisotopic (exact) mass is 334 g/mol. The van der Waals surface area contributed by atoms with Crippen LogP contribution >= 0.6 is 0 Å². The van der Waals surface area contributed by atoms with E-state index >= 15 is 0 Å². The van der Waals surface area contributed by atoms with Crippen LogP contribution in [0.3, 0.4) is 0 Å². The maximum absolute atomic E-state index is 12.7. The first kappa shape index (κ1) is 16.4.